The van der Waals surface area contributed by atoms with Crippen LogP contribution in [0.1, 0.15) is 73.6 Å². The molecule has 4 atom stereocenters. The van der Waals surface area contributed by atoms with Gasteiger partial charge in [-0.15, -0.1) is 0 Å². The standard InChI is InChI=1S/C25H41N3O6/c1-23(2,3)33-21(31)27-14-25(15-27)9-11-26(12-10-25)20(30)19-17-8-7-16(13-18(17)29)28(19)22(32)34-24(4,5)6/h16-19,29H,7-15H2,1-6H3/t16-,17+,18-,19-/m0/s1. The van der Waals surface area contributed by atoms with Gasteiger partial charge in [-0.05, 0) is 73.6 Å². The van der Waals surface area contributed by atoms with Crippen LogP contribution in [-0.4, -0.2) is 93.5 Å². The van der Waals surface area contributed by atoms with Crippen LogP contribution in [0.5, 0.6) is 0 Å². The molecule has 5 rings (SSSR count). The average molecular weight is 480 g/mol. The summed E-state index contributed by atoms with van der Waals surface area (Å²) in [5, 5.41) is 10.6. The number of aliphatic hydroxyl groups is 1. The van der Waals surface area contributed by atoms with E-state index in [9.17, 15) is 19.5 Å². The number of piperidine rings is 3. The molecular formula is C25H41N3O6. The minimum absolute atomic E-state index is 0.0314. The molecule has 0 unspecified atom stereocenters. The van der Waals surface area contributed by atoms with Crippen molar-refractivity contribution >= 4 is 18.1 Å². The molecule has 1 aliphatic carbocycles. The molecule has 0 aromatic carbocycles. The fourth-order valence-electron chi connectivity index (χ4n) is 6.01. The van der Waals surface area contributed by atoms with Crippen LogP contribution in [0.3, 0.4) is 0 Å². The molecule has 4 saturated heterocycles. The van der Waals surface area contributed by atoms with Gasteiger partial charge in [-0.25, -0.2) is 9.59 Å². The Morgan fingerprint density at radius 2 is 1.41 bits per heavy atom. The summed E-state index contributed by atoms with van der Waals surface area (Å²) in [6, 6.07) is -0.847. The van der Waals surface area contributed by atoms with Gasteiger partial charge in [0.25, 0.3) is 0 Å². The molecule has 4 heterocycles. The number of aliphatic hydroxyl groups excluding tert-OH is 1. The van der Waals surface area contributed by atoms with Gasteiger partial charge in [-0.2, -0.15) is 0 Å². The van der Waals surface area contributed by atoms with Crippen LogP contribution in [0, 0.1) is 11.3 Å². The Morgan fingerprint density at radius 1 is 0.853 bits per heavy atom. The van der Waals surface area contributed by atoms with Crippen LogP contribution < -0.4 is 0 Å². The molecule has 5 fully saturated rings. The minimum Gasteiger partial charge on any atom is -0.444 e. The highest BCUT2D eigenvalue weighted by molar-refractivity contribution is 5.87. The average Bonchev–Trinajstić information content (AvgIpc) is 2.68. The smallest absolute Gasteiger partial charge is 0.411 e. The summed E-state index contributed by atoms with van der Waals surface area (Å²) in [5.74, 6) is -0.343. The summed E-state index contributed by atoms with van der Waals surface area (Å²) in [5.41, 5.74) is -1.13. The Balaban J connectivity index is 1.39. The summed E-state index contributed by atoms with van der Waals surface area (Å²) >= 11 is 0. The van der Waals surface area contributed by atoms with Gasteiger partial charge in [0.15, 0.2) is 0 Å². The maximum absolute atomic E-state index is 13.7. The van der Waals surface area contributed by atoms with Crippen molar-refractivity contribution in [1.82, 2.24) is 14.7 Å². The molecule has 0 aromatic heterocycles. The van der Waals surface area contributed by atoms with Crippen molar-refractivity contribution in [3.63, 3.8) is 0 Å². The lowest BCUT2D eigenvalue weighted by atomic mass is 9.70. The van der Waals surface area contributed by atoms with E-state index in [0.717, 1.165) is 25.7 Å². The number of rotatable bonds is 1. The van der Waals surface area contributed by atoms with E-state index in [1.54, 1.807) is 9.80 Å². The SMILES string of the molecule is CC(C)(C)OC(=O)N1CC2(CCN(C(=O)[C@@H]3[C@@H]4CC[C@@H](C[C@@H]4O)N3C(=O)OC(C)(C)C)CC2)C1. The molecule has 2 bridgehead atoms. The van der Waals surface area contributed by atoms with E-state index < -0.39 is 29.4 Å². The maximum atomic E-state index is 13.7. The summed E-state index contributed by atoms with van der Waals surface area (Å²) in [6.45, 7) is 13.5. The van der Waals surface area contributed by atoms with Gasteiger partial charge < -0.3 is 24.4 Å². The Hall–Kier alpha value is -2.03. The van der Waals surface area contributed by atoms with Crippen molar-refractivity contribution < 1.29 is 29.0 Å². The first-order valence-corrected chi connectivity index (χ1v) is 12.6. The highest BCUT2D eigenvalue weighted by Gasteiger charge is 2.55. The second-order valence-corrected chi connectivity index (χ2v) is 12.7. The molecule has 9 heteroatoms. The Kier molecular flexibility index (Phi) is 6.32. The molecule has 1 saturated carbocycles. The van der Waals surface area contributed by atoms with E-state index in [1.807, 2.05) is 46.4 Å². The number of likely N-dealkylation sites (tertiary alicyclic amines) is 2. The van der Waals surface area contributed by atoms with E-state index in [-0.39, 0.29) is 29.4 Å². The number of carbonyl (C=O) groups excluding carboxylic acids is 3. The highest BCUT2D eigenvalue weighted by Crippen LogP contribution is 2.44. The first kappa shape index (κ1) is 25.1. The molecular weight excluding hydrogens is 438 g/mol. The van der Waals surface area contributed by atoms with Crippen LogP contribution in [0.15, 0.2) is 0 Å². The molecule has 9 nitrogen and oxygen atoms in total. The summed E-state index contributed by atoms with van der Waals surface area (Å²) < 4.78 is 11.1. The van der Waals surface area contributed by atoms with Crippen molar-refractivity contribution in [2.75, 3.05) is 26.2 Å². The van der Waals surface area contributed by atoms with Gasteiger partial charge in [0.2, 0.25) is 5.91 Å². The molecule has 1 spiro atoms. The zero-order chi connectivity index (χ0) is 25.1. The van der Waals surface area contributed by atoms with Crippen LogP contribution in [-0.2, 0) is 14.3 Å². The second kappa shape index (κ2) is 8.57. The number of fused-ring (bicyclic) bond motifs is 3. The van der Waals surface area contributed by atoms with Gasteiger partial charge in [0.1, 0.15) is 17.2 Å². The Labute approximate surface area is 202 Å². The molecule has 1 N–H and O–H groups in total. The maximum Gasteiger partial charge on any atom is 0.411 e. The number of hydrogen-bond donors (Lipinski definition) is 1. The zero-order valence-corrected chi connectivity index (χ0v) is 21.5. The van der Waals surface area contributed by atoms with Gasteiger partial charge in [-0.3, -0.25) is 9.69 Å². The molecule has 4 aliphatic heterocycles. The quantitative estimate of drug-likeness (QED) is 0.621. The first-order valence-electron chi connectivity index (χ1n) is 12.6. The fourth-order valence-corrected chi connectivity index (χ4v) is 6.01. The topological polar surface area (TPSA) is 99.6 Å². The van der Waals surface area contributed by atoms with Gasteiger partial charge in [0.05, 0.1) is 6.10 Å². The highest BCUT2D eigenvalue weighted by atomic mass is 16.6. The molecule has 192 valence electrons. The lowest BCUT2D eigenvalue weighted by Crippen LogP contribution is -2.68. The van der Waals surface area contributed by atoms with Crippen molar-refractivity contribution in [2.24, 2.45) is 11.3 Å². The molecule has 3 amide bonds. The minimum atomic E-state index is -0.675. The molecule has 34 heavy (non-hydrogen) atoms. The summed E-state index contributed by atoms with van der Waals surface area (Å²) in [7, 11) is 0. The van der Waals surface area contributed by atoms with Crippen LogP contribution >= 0.6 is 0 Å². The van der Waals surface area contributed by atoms with E-state index in [2.05, 4.69) is 0 Å². The van der Waals surface area contributed by atoms with E-state index in [4.69, 9.17) is 9.47 Å². The van der Waals surface area contributed by atoms with E-state index in [1.165, 1.54) is 0 Å². The second-order valence-electron chi connectivity index (χ2n) is 12.7. The largest absolute Gasteiger partial charge is 0.444 e. The van der Waals surface area contributed by atoms with Crippen molar-refractivity contribution in [2.45, 2.75) is 103 Å². The van der Waals surface area contributed by atoms with Crippen LogP contribution in [0.25, 0.3) is 0 Å². The fraction of sp³-hybridized carbons (Fsp3) is 0.880. The monoisotopic (exact) mass is 479 g/mol. The van der Waals surface area contributed by atoms with Crippen molar-refractivity contribution in [1.29, 1.82) is 0 Å². The third-order valence-electron chi connectivity index (χ3n) is 7.64. The van der Waals surface area contributed by atoms with Gasteiger partial charge in [-0.1, -0.05) is 0 Å². The third-order valence-corrected chi connectivity index (χ3v) is 7.64. The van der Waals surface area contributed by atoms with Crippen molar-refractivity contribution in [3.8, 4) is 0 Å². The lowest BCUT2D eigenvalue weighted by Gasteiger charge is -2.56. The van der Waals surface area contributed by atoms with Crippen molar-refractivity contribution in [3.05, 3.63) is 0 Å². The molecule has 5 aliphatic rings. The van der Waals surface area contributed by atoms with E-state index >= 15 is 0 Å². The first-order chi connectivity index (χ1) is 15.7. The van der Waals surface area contributed by atoms with Crippen LogP contribution in [0.2, 0.25) is 0 Å². The Morgan fingerprint density at radius 3 is 1.94 bits per heavy atom. The number of ether oxygens (including phenoxy) is 2. The third kappa shape index (κ3) is 4.99. The summed E-state index contributed by atoms with van der Waals surface area (Å²) in [4.78, 5) is 44.3. The summed E-state index contributed by atoms with van der Waals surface area (Å²) in [6.07, 6.45) is 2.33. The number of amides is 3. The number of nitrogens with zero attached hydrogens (tertiary/aromatic N) is 3. The number of carbonyl (C=O) groups is 3. The zero-order valence-electron chi connectivity index (χ0n) is 21.5. The predicted octanol–water partition coefficient (Wildman–Crippen LogP) is 2.99. The van der Waals surface area contributed by atoms with Gasteiger partial charge >= 0.3 is 12.2 Å². The number of hydrogen-bond acceptors (Lipinski definition) is 6. The lowest BCUT2D eigenvalue weighted by molar-refractivity contribution is -0.157. The van der Waals surface area contributed by atoms with E-state index in [0.29, 0.717) is 32.6 Å². The molecule has 0 radical (unpaired) electrons. The Bertz CT molecular complexity index is 815. The predicted molar refractivity (Wildman–Crippen MR) is 125 cm³/mol. The van der Waals surface area contributed by atoms with Gasteiger partial charge in [0, 0.05) is 43.6 Å². The van der Waals surface area contributed by atoms with Crippen LogP contribution in [0.4, 0.5) is 9.59 Å². The normalized spacial score (nSPS) is 30.7. The molecule has 0 aromatic rings.